The molecular weight excluding hydrogens is 774 g/mol. The van der Waals surface area contributed by atoms with Gasteiger partial charge in [-0.15, -0.1) is 0 Å². The van der Waals surface area contributed by atoms with Crippen molar-refractivity contribution in [3.05, 3.63) is 191 Å². The molecule has 0 saturated heterocycles. The van der Waals surface area contributed by atoms with Crippen LogP contribution in [0.1, 0.15) is 38.9 Å². The highest BCUT2D eigenvalue weighted by Crippen LogP contribution is 2.44. The molecule has 0 saturated carbocycles. The van der Waals surface area contributed by atoms with Crippen LogP contribution < -0.4 is 0 Å². The zero-order valence-electron chi connectivity index (χ0n) is 34.4. The Morgan fingerprint density at radius 3 is 1.31 bits per heavy atom. The molecule has 0 aliphatic carbocycles. The topological polar surface area (TPSA) is 57.4 Å². The van der Waals surface area contributed by atoms with Crippen molar-refractivity contribution in [1.82, 2.24) is 9.13 Å². The number of para-hydroxylation sites is 2. The quantitative estimate of drug-likeness (QED) is 0.174. The van der Waals surface area contributed by atoms with Crippen molar-refractivity contribution in [3.63, 3.8) is 0 Å². The maximum Gasteiger partial charge on any atom is 0.417 e. The van der Waals surface area contributed by atoms with E-state index in [0.29, 0.717) is 11.4 Å². The van der Waals surface area contributed by atoms with Crippen molar-refractivity contribution in [2.45, 2.75) is 33.9 Å². The second kappa shape index (κ2) is 14.4. The SMILES string of the molecule is Cc1cc(C)cc(-c2ccc3c4ccccc4n(-c4cc(-c5ccc(C#N)cc5C(F)(F)F)cc(-n5c6ccccc6c6ccc(-c7cc(C)cc(C)c7)cc65)c4C#N)c3c2)c1. The lowest BCUT2D eigenvalue weighted by Crippen LogP contribution is -2.09. The van der Waals surface area contributed by atoms with Gasteiger partial charge in [-0.2, -0.15) is 23.7 Å². The number of nitrogens with zero attached hydrogens (tertiary/aromatic N) is 4. The highest BCUT2D eigenvalue weighted by molar-refractivity contribution is 6.12. The Morgan fingerprint density at radius 2 is 0.871 bits per heavy atom. The Labute approximate surface area is 356 Å². The molecule has 0 N–H and O–H groups in total. The summed E-state index contributed by atoms with van der Waals surface area (Å²) in [4.78, 5) is 0. The van der Waals surface area contributed by atoms with Gasteiger partial charge < -0.3 is 9.13 Å². The fraction of sp³-hybridized carbons (Fsp3) is 0.0909. The van der Waals surface area contributed by atoms with Crippen LogP contribution in [0.3, 0.4) is 0 Å². The van der Waals surface area contributed by atoms with Gasteiger partial charge in [0.2, 0.25) is 0 Å². The minimum atomic E-state index is -4.78. The molecule has 62 heavy (non-hydrogen) atoms. The summed E-state index contributed by atoms with van der Waals surface area (Å²) < 4.78 is 49.4. The third kappa shape index (κ3) is 6.30. The number of nitriles is 2. The molecule has 2 aromatic heterocycles. The number of rotatable bonds is 5. The summed E-state index contributed by atoms with van der Waals surface area (Å²) in [6.07, 6.45) is -4.78. The summed E-state index contributed by atoms with van der Waals surface area (Å²) in [6.45, 7) is 8.26. The molecule has 4 nitrogen and oxygen atoms in total. The number of fused-ring (bicyclic) bond motifs is 6. The van der Waals surface area contributed by atoms with E-state index in [-0.39, 0.29) is 22.3 Å². The van der Waals surface area contributed by atoms with E-state index in [2.05, 4.69) is 107 Å². The molecule has 0 radical (unpaired) electrons. The molecule has 0 aliphatic rings. The second-order valence-electron chi connectivity index (χ2n) is 16.3. The Kier molecular flexibility index (Phi) is 8.91. The molecule has 0 atom stereocenters. The molecule has 10 rings (SSSR count). The van der Waals surface area contributed by atoms with Crippen molar-refractivity contribution < 1.29 is 13.2 Å². The normalized spacial score (nSPS) is 11.8. The molecule has 10 aromatic rings. The highest BCUT2D eigenvalue weighted by Gasteiger charge is 2.35. The molecule has 0 bridgehead atoms. The summed E-state index contributed by atoms with van der Waals surface area (Å²) in [5.41, 5.74) is 12.0. The van der Waals surface area contributed by atoms with Crippen LogP contribution in [0.2, 0.25) is 0 Å². The number of aromatic nitrogens is 2. The Balaban J connectivity index is 1.36. The van der Waals surface area contributed by atoms with Crippen LogP contribution in [0.4, 0.5) is 13.2 Å². The Bertz CT molecular complexity index is 3360. The number of halogens is 3. The minimum Gasteiger partial charge on any atom is -0.308 e. The van der Waals surface area contributed by atoms with Gasteiger partial charge in [0.1, 0.15) is 11.6 Å². The zero-order valence-corrected chi connectivity index (χ0v) is 34.4. The molecule has 0 aliphatic heterocycles. The van der Waals surface area contributed by atoms with Gasteiger partial charge in [0.25, 0.3) is 0 Å². The number of alkyl halides is 3. The standard InChI is InChI=1S/C55H37F3N4/c1-32-19-33(2)22-39(21-32)37-14-17-45-43-9-5-7-11-49(43)61(51(45)26-37)53-28-41(42-16-13-36(30-59)25-48(42)55(56,57)58)29-54(47(53)31-60)62-50-12-8-6-10-44(50)46-18-15-38(27-52(46)62)40-23-34(3)20-35(4)24-40/h5-29H,1-4H3. The van der Waals surface area contributed by atoms with Gasteiger partial charge in [0.05, 0.1) is 50.6 Å². The first-order valence-corrected chi connectivity index (χ1v) is 20.3. The average molecular weight is 811 g/mol. The van der Waals surface area contributed by atoms with Crippen molar-refractivity contribution >= 4 is 43.6 Å². The van der Waals surface area contributed by atoms with Crippen molar-refractivity contribution in [1.29, 1.82) is 10.5 Å². The molecular formula is C55H37F3N4. The van der Waals surface area contributed by atoms with Gasteiger partial charge in [0, 0.05) is 21.5 Å². The van der Waals surface area contributed by atoms with Crippen molar-refractivity contribution in [2.75, 3.05) is 0 Å². The molecule has 8 aromatic carbocycles. The van der Waals surface area contributed by atoms with E-state index >= 15 is 13.2 Å². The number of benzene rings is 8. The molecule has 0 unspecified atom stereocenters. The molecule has 2 heterocycles. The van der Waals surface area contributed by atoms with Gasteiger partial charge in [-0.3, -0.25) is 0 Å². The van der Waals surface area contributed by atoms with Gasteiger partial charge in [-0.25, -0.2) is 0 Å². The smallest absolute Gasteiger partial charge is 0.308 e. The molecule has 0 fully saturated rings. The van der Waals surface area contributed by atoms with Crippen LogP contribution >= 0.6 is 0 Å². The predicted molar refractivity (Wildman–Crippen MR) is 245 cm³/mol. The van der Waals surface area contributed by atoms with Crippen LogP contribution in [0, 0.1) is 50.4 Å². The number of aryl methyl sites for hydroxylation is 4. The third-order valence-electron chi connectivity index (χ3n) is 11.9. The zero-order chi connectivity index (χ0) is 43.0. The molecule has 298 valence electrons. The van der Waals surface area contributed by atoms with Crippen LogP contribution in [-0.4, -0.2) is 9.13 Å². The predicted octanol–water partition coefficient (Wildman–Crippen LogP) is 14.9. The lowest BCUT2D eigenvalue weighted by Gasteiger charge is -2.20. The average Bonchev–Trinajstić information content (AvgIpc) is 3.76. The van der Waals surface area contributed by atoms with Crippen LogP contribution in [-0.2, 0) is 6.18 Å². The van der Waals surface area contributed by atoms with Crippen LogP contribution in [0.25, 0.3) is 88.4 Å². The van der Waals surface area contributed by atoms with Gasteiger partial charge in [-0.05, 0) is 110 Å². The second-order valence-corrected chi connectivity index (χ2v) is 16.3. The summed E-state index contributed by atoms with van der Waals surface area (Å²) in [7, 11) is 0. The monoisotopic (exact) mass is 810 g/mol. The van der Waals surface area contributed by atoms with E-state index in [1.165, 1.54) is 12.1 Å². The first kappa shape index (κ1) is 38.3. The third-order valence-corrected chi connectivity index (χ3v) is 11.9. The molecule has 0 amide bonds. The van der Waals surface area contributed by atoms with E-state index < -0.39 is 11.7 Å². The molecule has 0 spiro atoms. The van der Waals surface area contributed by atoms with E-state index in [4.69, 9.17) is 0 Å². The summed E-state index contributed by atoms with van der Waals surface area (Å²) in [5.74, 6) is 0. The summed E-state index contributed by atoms with van der Waals surface area (Å²) >= 11 is 0. The first-order chi connectivity index (χ1) is 29.9. The van der Waals surface area contributed by atoms with E-state index in [9.17, 15) is 10.5 Å². The van der Waals surface area contributed by atoms with Gasteiger partial charge in [-0.1, -0.05) is 125 Å². The fourth-order valence-electron chi connectivity index (χ4n) is 9.44. The maximum absolute atomic E-state index is 15.1. The minimum absolute atomic E-state index is 0.0993. The maximum atomic E-state index is 15.1. The highest BCUT2D eigenvalue weighted by atomic mass is 19.4. The Morgan fingerprint density at radius 1 is 0.419 bits per heavy atom. The van der Waals surface area contributed by atoms with Gasteiger partial charge >= 0.3 is 6.18 Å². The van der Waals surface area contributed by atoms with Crippen molar-refractivity contribution in [3.8, 4) is 56.9 Å². The van der Waals surface area contributed by atoms with E-state index in [0.717, 1.165) is 94.2 Å². The first-order valence-electron chi connectivity index (χ1n) is 20.3. The lowest BCUT2D eigenvalue weighted by molar-refractivity contribution is -0.137. The largest absolute Gasteiger partial charge is 0.417 e. The molecule has 7 heteroatoms. The number of hydrogen-bond acceptors (Lipinski definition) is 2. The summed E-state index contributed by atoms with van der Waals surface area (Å²) in [6, 6.07) is 52.7. The Hall–Kier alpha value is -7.87. The summed E-state index contributed by atoms with van der Waals surface area (Å²) in [5, 5.41) is 25.0. The number of hydrogen-bond donors (Lipinski definition) is 0. The van der Waals surface area contributed by atoms with Crippen molar-refractivity contribution in [2.24, 2.45) is 0 Å². The fourth-order valence-corrected chi connectivity index (χ4v) is 9.44. The lowest BCUT2D eigenvalue weighted by atomic mass is 9.94. The van der Waals surface area contributed by atoms with Crippen LogP contribution in [0.5, 0.6) is 0 Å². The van der Waals surface area contributed by atoms with E-state index in [1.54, 1.807) is 12.1 Å². The van der Waals surface area contributed by atoms with Gasteiger partial charge in [0.15, 0.2) is 0 Å². The van der Waals surface area contributed by atoms with Crippen LogP contribution in [0.15, 0.2) is 152 Å². The van der Waals surface area contributed by atoms with E-state index in [1.807, 2.05) is 63.7 Å².